The van der Waals surface area contributed by atoms with Gasteiger partial charge in [-0.1, -0.05) is 17.3 Å². The van der Waals surface area contributed by atoms with Crippen LogP contribution in [0.4, 0.5) is 19.0 Å². The number of aromatic nitrogens is 1. The van der Waals surface area contributed by atoms with E-state index >= 15 is 0 Å². The predicted octanol–water partition coefficient (Wildman–Crippen LogP) is 1.98. The molecule has 1 amide bonds. The zero-order valence-corrected chi connectivity index (χ0v) is 13.8. The highest BCUT2D eigenvalue weighted by Crippen LogP contribution is 2.33. The van der Waals surface area contributed by atoms with Gasteiger partial charge >= 0.3 is 6.18 Å². The second kappa shape index (κ2) is 6.40. The van der Waals surface area contributed by atoms with E-state index in [1.807, 2.05) is 0 Å². The Morgan fingerprint density at radius 3 is 2.85 bits per heavy atom. The number of benzene rings is 1. The molecule has 2 aliphatic heterocycles. The Hall–Kier alpha value is -2.39. The Kier molecular flexibility index (Phi) is 4.20. The standard InChI is InChI=1S/C17H17F3N4O2/c18-17(19,20)12-3-1-2-11(8-12)14-9-15(22-26-14)24-7-6-23-5-4-21-10-13(23)16(24)25/h1-3,8-9,13,21H,4-7,10H2/t13-/m1/s1. The van der Waals surface area contributed by atoms with Gasteiger partial charge in [0.15, 0.2) is 11.6 Å². The molecule has 0 aliphatic carbocycles. The summed E-state index contributed by atoms with van der Waals surface area (Å²) in [4.78, 5) is 16.4. The number of alkyl halides is 3. The molecule has 138 valence electrons. The Bertz CT molecular complexity index is 820. The Morgan fingerprint density at radius 2 is 2.04 bits per heavy atom. The number of anilines is 1. The summed E-state index contributed by atoms with van der Waals surface area (Å²) in [6.07, 6.45) is -4.43. The fraction of sp³-hybridized carbons (Fsp3) is 0.412. The maximum absolute atomic E-state index is 12.9. The normalized spacial score (nSPS) is 21.7. The molecule has 2 aromatic rings. The van der Waals surface area contributed by atoms with Crippen molar-refractivity contribution in [1.29, 1.82) is 0 Å². The number of nitrogens with one attached hydrogen (secondary N) is 1. The van der Waals surface area contributed by atoms with Crippen LogP contribution < -0.4 is 10.2 Å². The summed E-state index contributed by atoms with van der Waals surface area (Å²) >= 11 is 0. The van der Waals surface area contributed by atoms with Crippen LogP contribution >= 0.6 is 0 Å². The second-order valence-corrected chi connectivity index (χ2v) is 6.37. The van der Waals surface area contributed by atoms with E-state index in [0.29, 0.717) is 18.9 Å². The van der Waals surface area contributed by atoms with Crippen LogP contribution in [-0.2, 0) is 11.0 Å². The monoisotopic (exact) mass is 366 g/mol. The minimum absolute atomic E-state index is 0.0765. The van der Waals surface area contributed by atoms with Gasteiger partial charge in [0.25, 0.3) is 0 Å². The molecule has 1 aromatic carbocycles. The van der Waals surface area contributed by atoms with E-state index in [0.717, 1.165) is 31.8 Å². The van der Waals surface area contributed by atoms with Crippen molar-refractivity contribution in [3.8, 4) is 11.3 Å². The average Bonchev–Trinajstić information content (AvgIpc) is 3.11. The van der Waals surface area contributed by atoms with Gasteiger partial charge in [0.1, 0.15) is 6.04 Å². The molecule has 1 aromatic heterocycles. The first-order valence-corrected chi connectivity index (χ1v) is 8.34. The molecule has 2 aliphatic rings. The van der Waals surface area contributed by atoms with Crippen molar-refractivity contribution < 1.29 is 22.5 Å². The molecule has 2 fully saturated rings. The minimum Gasteiger partial charge on any atom is -0.354 e. The summed E-state index contributed by atoms with van der Waals surface area (Å²) in [7, 11) is 0. The first-order valence-electron chi connectivity index (χ1n) is 8.34. The second-order valence-electron chi connectivity index (χ2n) is 6.37. The molecule has 0 radical (unpaired) electrons. The third-order valence-corrected chi connectivity index (χ3v) is 4.76. The number of fused-ring (bicyclic) bond motifs is 1. The lowest BCUT2D eigenvalue weighted by atomic mass is 10.1. The van der Waals surface area contributed by atoms with E-state index in [-0.39, 0.29) is 23.3 Å². The fourth-order valence-electron chi connectivity index (χ4n) is 3.38. The Balaban J connectivity index is 1.58. The van der Waals surface area contributed by atoms with Crippen LogP contribution in [0.15, 0.2) is 34.9 Å². The Morgan fingerprint density at radius 1 is 1.19 bits per heavy atom. The third kappa shape index (κ3) is 3.08. The van der Waals surface area contributed by atoms with E-state index in [4.69, 9.17) is 4.52 Å². The van der Waals surface area contributed by atoms with Crippen LogP contribution in [0.5, 0.6) is 0 Å². The first kappa shape index (κ1) is 17.0. The van der Waals surface area contributed by atoms with Crippen LogP contribution in [0.1, 0.15) is 5.56 Å². The van der Waals surface area contributed by atoms with Gasteiger partial charge in [0.05, 0.1) is 5.56 Å². The van der Waals surface area contributed by atoms with Crippen LogP contribution in [-0.4, -0.2) is 54.7 Å². The minimum atomic E-state index is -4.43. The number of rotatable bonds is 2. The van der Waals surface area contributed by atoms with Crippen molar-refractivity contribution in [3.05, 3.63) is 35.9 Å². The zero-order valence-electron chi connectivity index (χ0n) is 13.8. The molecule has 2 saturated heterocycles. The SMILES string of the molecule is O=C1[C@H]2CNCCN2CCN1c1cc(-c2cccc(C(F)(F)F)c2)on1. The quantitative estimate of drug-likeness (QED) is 0.881. The number of halogens is 3. The number of carbonyl (C=O) groups excluding carboxylic acids is 1. The van der Waals surface area contributed by atoms with Gasteiger partial charge in [0, 0.05) is 44.4 Å². The molecule has 26 heavy (non-hydrogen) atoms. The van der Waals surface area contributed by atoms with E-state index in [2.05, 4.69) is 15.4 Å². The predicted molar refractivity (Wildman–Crippen MR) is 87.5 cm³/mol. The van der Waals surface area contributed by atoms with Crippen molar-refractivity contribution in [2.24, 2.45) is 0 Å². The number of hydrogen-bond acceptors (Lipinski definition) is 5. The molecular weight excluding hydrogens is 349 g/mol. The van der Waals surface area contributed by atoms with Gasteiger partial charge in [-0.3, -0.25) is 14.6 Å². The summed E-state index contributed by atoms with van der Waals surface area (Å²) in [5, 5.41) is 7.10. The van der Waals surface area contributed by atoms with Crippen molar-refractivity contribution in [1.82, 2.24) is 15.4 Å². The van der Waals surface area contributed by atoms with Gasteiger partial charge in [-0.15, -0.1) is 0 Å². The molecule has 1 N–H and O–H groups in total. The Labute approximate surface area is 147 Å². The molecule has 0 spiro atoms. The van der Waals surface area contributed by atoms with Crippen molar-refractivity contribution in [2.45, 2.75) is 12.2 Å². The molecule has 9 heteroatoms. The number of carbonyl (C=O) groups is 1. The molecule has 0 unspecified atom stereocenters. The fourth-order valence-corrected chi connectivity index (χ4v) is 3.38. The van der Waals surface area contributed by atoms with E-state index in [1.54, 1.807) is 0 Å². The van der Waals surface area contributed by atoms with Gasteiger partial charge in [-0.25, -0.2) is 0 Å². The summed E-state index contributed by atoms with van der Waals surface area (Å²) < 4.78 is 43.9. The smallest absolute Gasteiger partial charge is 0.354 e. The van der Waals surface area contributed by atoms with E-state index in [9.17, 15) is 18.0 Å². The largest absolute Gasteiger partial charge is 0.416 e. The maximum Gasteiger partial charge on any atom is 0.416 e. The average molecular weight is 366 g/mol. The van der Waals surface area contributed by atoms with Crippen LogP contribution in [0.2, 0.25) is 0 Å². The molecule has 0 bridgehead atoms. The highest BCUT2D eigenvalue weighted by molar-refractivity contribution is 5.97. The molecular formula is C17H17F3N4O2. The van der Waals surface area contributed by atoms with Crippen LogP contribution in [0.3, 0.4) is 0 Å². The lowest BCUT2D eigenvalue weighted by molar-refractivity contribution is -0.137. The number of nitrogens with zero attached hydrogens (tertiary/aromatic N) is 3. The van der Waals surface area contributed by atoms with Gasteiger partial charge in [-0.05, 0) is 12.1 Å². The molecule has 1 atom stereocenters. The van der Waals surface area contributed by atoms with E-state index < -0.39 is 11.7 Å². The van der Waals surface area contributed by atoms with Crippen molar-refractivity contribution in [2.75, 3.05) is 37.6 Å². The van der Waals surface area contributed by atoms with E-state index in [1.165, 1.54) is 23.1 Å². The first-order chi connectivity index (χ1) is 12.4. The maximum atomic E-state index is 12.9. The summed E-state index contributed by atoms with van der Waals surface area (Å²) in [5.41, 5.74) is -0.491. The highest BCUT2D eigenvalue weighted by Gasteiger charge is 2.38. The third-order valence-electron chi connectivity index (χ3n) is 4.76. The van der Waals surface area contributed by atoms with Crippen LogP contribution in [0.25, 0.3) is 11.3 Å². The molecule has 0 saturated carbocycles. The topological polar surface area (TPSA) is 61.6 Å². The summed E-state index contributed by atoms with van der Waals surface area (Å²) in [5.74, 6) is 0.447. The summed E-state index contributed by atoms with van der Waals surface area (Å²) in [6.45, 7) is 3.45. The van der Waals surface area contributed by atoms with Crippen molar-refractivity contribution in [3.63, 3.8) is 0 Å². The molecule has 3 heterocycles. The number of amides is 1. The van der Waals surface area contributed by atoms with Crippen molar-refractivity contribution >= 4 is 11.7 Å². The van der Waals surface area contributed by atoms with Gasteiger partial charge < -0.3 is 9.84 Å². The molecule has 4 rings (SSSR count). The number of piperazine rings is 2. The van der Waals surface area contributed by atoms with Gasteiger partial charge in [0.2, 0.25) is 5.91 Å². The number of hydrogen-bond donors (Lipinski definition) is 1. The summed E-state index contributed by atoms with van der Waals surface area (Å²) in [6, 6.07) is 6.11. The zero-order chi connectivity index (χ0) is 18.3. The van der Waals surface area contributed by atoms with Gasteiger partial charge in [-0.2, -0.15) is 13.2 Å². The highest BCUT2D eigenvalue weighted by atomic mass is 19.4. The van der Waals surface area contributed by atoms with Crippen LogP contribution in [0, 0.1) is 0 Å². The molecule has 6 nitrogen and oxygen atoms in total. The lowest BCUT2D eigenvalue weighted by Crippen LogP contribution is -2.64. The lowest BCUT2D eigenvalue weighted by Gasteiger charge is -2.42.